The number of halogens is 2. The van der Waals surface area contributed by atoms with Crippen LogP contribution in [-0.4, -0.2) is 4.98 Å². The molecule has 0 fully saturated rings. The van der Waals surface area contributed by atoms with Gasteiger partial charge in [0.15, 0.2) is 5.58 Å². The van der Waals surface area contributed by atoms with E-state index < -0.39 is 0 Å². The zero-order valence-corrected chi connectivity index (χ0v) is 12.7. The van der Waals surface area contributed by atoms with Crippen LogP contribution in [0.25, 0.3) is 22.1 Å². The van der Waals surface area contributed by atoms with E-state index in [0.29, 0.717) is 22.1 Å². The van der Waals surface area contributed by atoms with Crippen molar-refractivity contribution >= 4 is 67.3 Å². The topological polar surface area (TPSA) is 43.1 Å². The molecule has 0 amide bonds. The molecule has 17 heavy (non-hydrogen) atoms. The van der Waals surface area contributed by atoms with E-state index >= 15 is 0 Å². The number of aromatic nitrogens is 1. The Kier molecular flexibility index (Phi) is 2.81. The van der Waals surface area contributed by atoms with E-state index in [4.69, 9.17) is 4.42 Å². The maximum Gasteiger partial charge on any atom is 0.231 e. The highest BCUT2D eigenvalue weighted by atomic mass is 127. The second-order valence-electron chi connectivity index (χ2n) is 3.52. The van der Waals surface area contributed by atoms with E-state index in [1.165, 1.54) is 0 Å². The van der Waals surface area contributed by atoms with Crippen LogP contribution in [0.4, 0.5) is 0 Å². The molecule has 0 N–H and O–H groups in total. The van der Waals surface area contributed by atoms with Gasteiger partial charge in [-0.25, -0.2) is 4.98 Å². The smallest absolute Gasteiger partial charge is 0.231 e. The lowest BCUT2D eigenvalue weighted by Gasteiger charge is -2.02. The number of rotatable bonds is 0. The summed E-state index contributed by atoms with van der Waals surface area (Å²) in [6.45, 7) is 0. The molecule has 0 saturated carbocycles. The van der Waals surface area contributed by atoms with E-state index in [0.717, 1.165) is 7.14 Å². The van der Waals surface area contributed by atoms with E-state index in [9.17, 15) is 4.79 Å². The summed E-state index contributed by atoms with van der Waals surface area (Å²) in [6.07, 6.45) is 1.65. The Labute approximate surface area is 124 Å². The lowest BCUT2D eigenvalue weighted by atomic mass is 10.2. The Hall–Kier alpha value is -0.700. The molecule has 2 heterocycles. The second-order valence-corrected chi connectivity index (χ2v) is 5.85. The van der Waals surface area contributed by atoms with Gasteiger partial charge in [0.1, 0.15) is 0 Å². The van der Waals surface area contributed by atoms with Crippen LogP contribution >= 0.6 is 45.2 Å². The normalized spacial score (nSPS) is 11.2. The van der Waals surface area contributed by atoms with Gasteiger partial charge in [0.05, 0.1) is 14.3 Å². The summed E-state index contributed by atoms with van der Waals surface area (Å²) in [5, 5.41) is 1.16. The molecule has 0 atom stereocenters. The van der Waals surface area contributed by atoms with Crippen molar-refractivity contribution in [2.75, 3.05) is 0 Å². The number of hydrogen-bond acceptors (Lipinski definition) is 3. The summed E-state index contributed by atoms with van der Waals surface area (Å²) < 4.78 is 7.49. The quantitative estimate of drug-likeness (QED) is 0.390. The van der Waals surface area contributed by atoms with E-state index in [1.54, 1.807) is 18.3 Å². The van der Waals surface area contributed by atoms with Crippen molar-refractivity contribution < 1.29 is 4.42 Å². The highest BCUT2D eigenvalue weighted by molar-refractivity contribution is 14.1. The lowest BCUT2D eigenvalue weighted by molar-refractivity contribution is 0.642. The Balaban J connectivity index is 2.68. The minimum atomic E-state index is -0.0164. The molecule has 0 unspecified atom stereocenters. The maximum atomic E-state index is 12.4. The fraction of sp³-hybridized carbons (Fsp3) is 0. The van der Waals surface area contributed by atoms with Crippen LogP contribution < -0.4 is 5.43 Å². The van der Waals surface area contributed by atoms with Gasteiger partial charge in [0, 0.05) is 9.77 Å². The van der Waals surface area contributed by atoms with Crippen LogP contribution in [0.2, 0.25) is 0 Å². The predicted octanol–water partition coefficient (Wildman–Crippen LogP) is 3.55. The monoisotopic (exact) mass is 449 g/mol. The molecule has 0 saturated heterocycles. The molecule has 0 spiro atoms. The van der Waals surface area contributed by atoms with Crippen molar-refractivity contribution in [2.45, 2.75) is 0 Å². The number of fused-ring (bicyclic) bond motifs is 2. The SMILES string of the molecule is O=c1c2cccc(I)c2oc2nccc(I)c12. The van der Waals surface area contributed by atoms with Gasteiger partial charge in [-0.1, -0.05) is 6.07 Å². The zero-order chi connectivity index (χ0) is 12.0. The molecule has 84 valence electrons. The van der Waals surface area contributed by atoms with Crippen LogP contribution in [0, 0.1) is 7.14 Å². The van der Waals surface area contributed by atoms with Crippen LogP contribution in [0.1, 0.15) is 0 Å². The van der Waals surface area contributed by atoms with E-state index in [1.807, 2.05) is 12.1 Å². The molecule has 3 aromatic rings. The summed E-state index contributed by atoms with van der Waals surface area (Å²) in [6, 6.07) is 7.35. The summed E-state index contributed by atoms with van der Waals surface area (Å²) >= 11 is 4.28. The third kappa shape index (κ3) is 1.75. The molecule has 0 radical (unpaired) electrons. The molecule has 0 aliphatic carbocycles. The van der Waals surface area contributed by atoms with Gasteiger partial charge in [-0.2, -0.15) is 0 Å². The number of hydrogen-bond donors (Lipinski definition) is 0. The molecule has 0 aliphatic rings. The third-order valence-corrected chi connectivity index (χ3v) is 4.25. The Bertz CT molecular complexity index is 795. The van der Waals surface area contributed by atoms with Gasteiger partial charge in [0.25, 0.3) is 0 Å². The fourth-order valence-corrected chi connectivity index (χ4v) is 2.97. The number of pyridine rings is 1. The Morgan fingerprint density at radius 1 is 1.12 bits per heavy atom. The highest BCUT2D eigenvalue weighted by Crippen LogP contribution is 2.23. The maximum absolute atomic E-state index is 12.4. The van der Waals surface area contributed by atoms with Crippen LogP contribution in [0.5, 0.6) is 0 Å². The van der Waals surface area contributed by atoms with E-state index in [-0.39, 0.29) is 5.43 Å². The molecule has 1 aromatic carbocycles. The molecule has 0 bridgehead atoms. The lowest BCUT2D eigenvalue weighted by Crippen LogP contribution is -2.05. The molecule has 3 nitrogen and oxygen atoms in total. The zero-order valence-electron chi connectivity index (χ0n) is 8.41. The first-order valence-corrected chi connectivity index (χ1v) is 7.00. The summed E-state index contributed by atoms with van der Waals surface area (Å²) in [5.74, 6) is 0. The predicted molar refractivity (Wildman–Crippen MR) is 83.2 cm³/mol. The second kappa shape index (κ2) is 4.20. The van der Waals surface area contributed by atoms with Crippen molar-refractivity contribution in [1.29, 1.82) is 0 Å². The first kappa shape index (κ1) is 11.4. The summed E-state index contributed by atoms with van der Waals surface area (Å²) in [5.41, 5.74) is 0.996. The van der Waals surface area contributed by atoms with Crippen molar-refractivity contribution in [1.82, 2.24) is 4.98 Å². The van der Waals surface area contributed by atoms with Crippen LogP contribution in [-0.2, 0) is 0 Å². The van der Waals surface area contributed by atoms with Crippen molar-refractivity contribution in [3.05, 3.63) is 47.8 Å². The minimum absolute atomic E-state index is 0.0164. The largest absolute Gasteiger partial charge is 0.436 e. The Morgan fingerprint density at radius 3 is 2.76 bits per heavy atom. The van der Waals surface area contributed by atoms with E-state index in [2.05, 4.69) is 50.2 Å². The summed E-state index contributed by atoms with van der Waals surface area (Å²) in [4.78, 5) is 16.5. The standard InChI is InChI=1S/C12H5I2NO2/c13-7-4-5-15-12-9(7)10(16)6-2-1-3-8(14)11(6)17-12/h1-5H. The summed E-state index contributed by atoms with van der Waals surface area (Å²) in [7, 11) is 0. The number of nitrogens with zero attached hydrogens (tertiary/aromatic N) is 1. The van der Waals surface area contributed by atoms with Gasteiger partial charge >= 0.3 is 0 Å². The molecule has 5 heteroatoms. The van der Waals surface area contributed by atoms with Gasteiger partial charge in [-0.15, -0.1) is 0 Å². The molecule has 0 aliphatic heterocycles. The van der Waals surface area contributed by atoms with Crippen LogP contribution in [0.3, 0.4) is 0 Å². The van der Waals surface area contributed by atoms with Gasteiger partial charge in [0.2, 0.25) is 11.1 Å². The van der Waals surface area contributed by atoms with Gasteiger partial charge in [-0.05, 0) is 63.4 Å². The van der Waals surface area contributed by atoms with Crippen molar-refractivity contribution in [3.8, 4) is 0 Å². The average molecular weight is 449 g/mol. The highest BCUT2D eigenvalue weighted by Gasteiger charge is 2.12. The fourth-order valence-electron chi connectivity index (χ4n) is 1.73. The number of benzene rings is 1. The first-order valence-electron chi connectivity index (χ1n) is 4.84. The Morgan fingerprint density at radius 2 is 1.94 bits per heavy atom. The van der Waals surface area contributed by atoms with Gasteiger partial charge in [-0.3, -0.25) is 4.79 Å². The number of para-hydroxylation sites is 1. The molecular formula is C12H5I2NO2. The van der Waals surface area contributed by atoms with Crippen molar-refractivity contribution in [2.24, 2.45) is 0 Å². The van der Waals surface area contributed by atoms with Gasteiger partial charge < -0.3 is 4.42 Å². The van der Waals surface area contributed by atoms with Crippen LogP contribution in [0.15, 0.2) is 39.7 Å². The average Bonchev–Trinajstić information content (AvgIpc) is 2.31. The molecular weight excluding hydrogens is 444 g/mol. The first-order chi connectivity index (χ1) is 8.18. The van der Waals surface area contributed by atoms with Crippen molar-refractivity contribution in [3.63, 3.8) is 0 Å². The third-order valence-electron chi connectivity index (χ3n) is 2.50. The minimum Gasteiger partial charge on any atom is -0.436 e. The molecule has 2 aromatic heterocycles. The molecule has 3 rings (SSSR count).